The van der Waals surface area contributed by atoms with E-state index in [2.05, 4.69) is 69.7 Å². The van der Waals surface area contributed by atoms with Crippen LogP contribution in [-0.4, -0.2) is 36.2 Å². The van der Waals surface area contributed by atoms with Gasteiger partial charge in [0.1, 0.15) is 5.75 Å². The molecule has 4 nitrogen and oxygen atoms in total. The molecule has 2 N–H and O–H groups in total. The molecule has 0 amide bonds. The highest BCUT2D eigenvalue weighted by molar-refractivity contribution is 5.46. The van der Waals surface area contributed by atoms with Gasteiger partial charge < -0.3 is 15.3 Å². The van der Waals surface area contributed by atoms with Crippen LogP contribution in [0.3, 0.4) is 0 Å². The molecule has 1 heterocycles. The number of anilines is 1. The molecule has 1 aliphatic rings. The van der Waals surface area contributed by atoms with E-state index in [1.165, 1.54) is 16.8 Å². The molecule has 3 aromatic rings. The van der Waals surface area contributed by atoms with Crippen molar-refractivity contribution in [3.63, 3.8) is 0 Å². The van der Waals surface area contributed by atoms with Crippen LogP contribution in [0.15, 0.2) is 78.9 Å². The molecule has 3 aromatic carbocycles. The summed E-state index contributed by atoms with van der Waals surface area (Å²) in [5, 5.41) is 13.1. The van der Waals surface area contributed by atoms with E-state index in [1.54, 1.807) is 6.07 Å². The van der Waals surface area contributed by atoms with Crippen molar-refractivity contribution in [2.75, 3.05) is 31.1 Å². The molecule has 0 radical (unpaired) electrons. The molecule has 1 aliphatic heterocycles. The van der Waals surface area contributed by atoms with E-state index in [-0.39, 0.29) is 0 Å². The van der Waals surface area contributed by atoms with E-state index >= 15 is 0 Å². The summed E-state index contributed by atoms with van der Waals surface area (Å²) in [6, 6.07) is 26.8. The van der Waals surface area contributed by atoms with Crippen LogP contribution >= 0.6 is 0 Å². The first kappa shape index (κ1) is 19.5. The lowest BCUT2D eigenvalue weighted by Gasteiger charge is -2.36. The molecule has 1 fully saturated rings. The molecule has 0 atom stereocenters. The van der Waals surface area contributed by atoms with Crippen LogP contribution in [0.1, 0.15) is 16.7 Å². The first-order valence-corrected chi connectivity index (χ1v) is 10.4. The van der Waals surface area contributed by atoms with Gasteiger partial charge in [0, 0.05) is 51.5 Å². The highest BCUT2D eigenvalue weighted by Crippen LogP contribution is 2.18. The molecule has 0 saturated carbocycles. The highest BCUT2D eigenvalue weighted by Gasteiger charge is 2.18. The van der Waals surface area contributed by atoms with Crippen molar-refractivity contribution in [3.05, 3.63) is 95.6 Å². The Hall–Kier alpha value is -2.82. The number of benzene rings is 3. The van der Waals surface area contributed by atoms with Gasteiger partial charge in [-0.25, -0.2) is 0 Å². The van der Waals surface area contributed by atoms with Crippen LogP contribution < -0.4 is 10.2 Å². The van der Waals surface area contributed by atoms with Gasteiger partial charge in [-0.1, -0.05) is 54.6 Å². The SMILES string of the molecule is Oc1cccc(CNCc2ccccc2CN2CCN(c3ccccc3)CC2)c1. The third-order valence-corrected chi connectivity index (χ3v) is 5.56. The summed E-state index contributed by atoms with van der Waals surface area (Å²) in [6.07, 6.45) is 0. The van der Waals surface area contributed by atoms with E-state index in [1.807, 2.05) is 18.2 Å². The Morgan fingerprint density at radius 3 is 2.21 bits per heavy atom. The highest BCUT2D eigenvalue weighted by atomic mass is 16.3. The second-order valence-corrected chi connectivity index (χ2v) is 7.64. The zero-order chi connectivity index (χ0) is 19.9. The molecule has 29 heavy (non-hydrogen) atoms. The van der Waals surface area contributed by atoms with Crippen molar-refractivity contribution < 1.29 is 5.11 Å². The average molecular weight is 388 g/mol. The topological polar surface area (TPSA) is 38.7 Å². The summed E-state index contributed by atoms with van der Waals surface area (Å²) in [5.41, 5.74) is 5.16. The Kier molecular flexibility index (Phi) is 6.45. The molecule has 0 aliphatic carbocycles. The van der Waals surface area contributed by atoms with Crippen LogP contribution in [0.5, 0.6) is 5.75 Å². The van der Waals surface area contributed by atoms with Gasteiger partial charge in [-0.15, -0.1) is 0 Å². The van der Waals surface area contributed by atoms with Crippen LogP contribution in [0.25, 0.3) is 0 Å². The largest absolute Gasteiger partial charge is 0.508 e. The molecule has 4 rings (SSSR count). The Bertz CT molecular complexity index is 905. The van der Waals surface area contributed by atoms with Crippen molar-refractivity contribution in [1.82, 2.24) is 10.2 Å². The fourth-order valence-corrected chi connectivity index (χ4v) is 3.94. The summed E-state index contributed by atoms with van der Waals surface area (Å²) in [6.45, 7) is 6.88. The third-order valence-electron chi connectivity index (χ3n) is 5.56. The molecule has 1 saturated heterocycles. The predicted octanol–water partition coefficient (Wildman–Crippen LogP) is 4.00. The van der Waals surface area contributed by atoms with Gasteiger partial charge in [-0.05, 0) is 41.0 Å². The number of aromatic hydroxyl groups is 1. The van der Waals surface area contributed by atoms with E-state index < -0.39 is 0 Å². The lowest BCUT2D eigenvalue weighted by atomic mass is 10.1. The minimum Gasteiger partial charge on any atom is -0.508 e. The predicted molar refractivity (Wildman–Crippen MR) is 119 cm³/mol. The van der Waals surface area contributed by atoms with Crippen molar-refractivity contribution in [2.24, 2.45) is 0 Å². The van der Waals surface area contributed by atoms with Crippen LogP contribution in [-0.2, 0) is 19.6 Å². The number of rotatable bonds is 7. The fraction of sp³-hybridized carbons (Fsp3) is 0.280. The smallest absolute Gasteiger partial charge is 0.115 e. The van der Waals surface area contributed by atoms with Gasteiger partial charge in [0.05, 0.1) is 0 Å². The van der Waals surface area contributed by atoms with Crippen molar-refractivity contribution in [3.8, 4) is 5.75 Å². The summed E-state index contributed by atoms with van der Waals surface area (Å²) in [5.74, 6) is 0.319. The number of phenolic OH excluding ortho intramolecular Hbond substituents is 1. The van der Waals surface area contributed by atoms with Gasteiger partial charge in [0.25, 0.3) is 0 Å². The fourth-order valence-electron chi connectivity index (χ4n) is 3.94. The Balaban J connectivity index is 1.30. The minimum absolute atomic E-state index is 0.319. The molecule has 0 unspecified atom stereocenters. The molecule has 4 heteroatoms. The standard InChI is InChI=1S/C25H29N3O/c29-25-12-6-7-21(17-25)18-26-19-22-8-4-5-9-23(22)20-27-13-15-28(16-14-27)24-10-2-1-3-11-24/h1-12,17,26,29H,13-16,18-20H2. The van der Waals surface area contributed by atoms with E-state index in [0.717, 1.165) is 51.4 Å². The lowest BCUT2D eigenvalue weighted by Crippen LogP contribution is -2.46. The first-order chi connectivity index (χ1) is 14.3. The van der Waals surface area contributed by atoms with Crippen LogP contribution in [0, 0.1) is 0 Å². The van der Waals surface area contributed by atoms with Gasteiger partial charge in [-0.2, -0.15) is 0 Å². The second kappa shape index (κ2) is 9.59. The zero-order valence-electron chi connectivity index (χ0n) is 16.8. The van der Waals surface area contributed by atoms with E-state index in [9.17, 15) is 5.11 Å². The summed E-state index contributed by atoms with van der Waals surface area (Å²) in [4.78, 5) is 5.02. The number of phenols is 1. The maximum atomic E-state index is 9.61. The quantitative estimate of drug-likeness (QED) is 0.643. The van der Waals surface area contributed by atoms with Gasteiger partial charge in [-0.3, -0.25) is 4.90 Å². The zero-order valence-corrected chi connectivity index (χ0v) is 16.8. The Morgan fingerprint density at radius 1 is 0.724 bits per heavy atom. The molecular formula is C25H29N3O. The van der Waals surface area contributed by atoms with E-state index in [4.69, 9.17) is 0 Å². The molecule has 0 bridgehead atoms. The minimum atomic E-state index is 0.319. The monoisotopic (exact) mass is 387 g/mol. The number of nitrogens with zero attached hydrogens (tertiary/aromatic N) is 2. The van der Waals surface area contributed by atoms with Crippen molar-refractivity contribution in [2.45, 2.75) is 19.6 Å². The molecule has 0 spiro atoms. The maximum Gasteiger partial charge on any atom is 0.115 e. The number of piperazine rings is 1. The first-order valence-electron chi connectivity index (χ1n) is 10.4. The van der Waals surface area contributed by atoms with Crippen LogP contribution in [0.4, 0.5) is 5.69 Å². The Morgan fingerprint density at radius 2 is 1.45 bits per heavy atom. The normalized spacial score (nSPS) is 14.8. The number of hydrogen-bond acceptors (Lipinski definition) is 4. The summed E-state index contributed by atoms with van der Waals surface area (Å²) < 4.78 is 0. The summed E-state index contributed by atoms with van der Waals surface area (Å²) in [7, 11) is 0. The Labute approximate surface area is 173 Å². The third kappa shape index (κ3) is 5.37. The van der Waals surface area contributed by atoms with Crippen LogP contribution in [0.2, 0.25) is 0 Å². The van der Waals surface area contributed by atoms with Crippen molar-refractivity contribution >= 4 is 5.69 Å². The number of hydrogen-bond donors (Lipinski definition) is 2. The van der Waals surface area contributed by atoms with Crippen molar-refractivity contribution in [1.29, 1.82) is 0 Å². The maximum absolute atomic E-state index is 9.61. The average Bonchev–Trinajstić information content (AvgIpc) is 2.76. The van der Waals surface area contributed by atoms with Gasteiger partial charge >= 0.3 is 0 Å². The van der Waals surface area contributed by atoms with E-state index in [0.29, 0.717) is 5.75 Å². The molecular weight excluding hydrogens is 358 g/mol. The molecule has 0 aromatic heterocycles. The number of nitrogens with one attached hydrogen (secondary N) is 1. The summed E-state index contributed by atoms with van der Waals surface area (Å²) >= 11 is 0. The lowest BCUT2D eigenvalue weighted by molar-refractivity contribution is 0.249. The molecule has 150 valence electrons. The number of para-hydroxylation sites is 1. The second-order valence-electron chi connectivity index (χ2n) is 7.64. The van der Waals surface area contributed by atoms with Gasteiger partial charge in [0.2, 0.25) is 0 Å². The van der Waals surface area contributed by atoms with Gasteiger partial charge in [0.15, 0.2) is 0 Å².